The van der Waals surface area contributed by atoms with Gasteiger partial charge in [0.15, 0.2) is 0 Å². The Morgan fingerprint density at radius 1 is 1.35 bits per heavy atom. The van der Waals surface area contributed by atoms with Crippen LogP contribution in [0.5, 0.6) is 0 Å². The molecule has 0 heterocycles. The first-order valence-electron chi connectivity index (χ1n) is 6.10. The van der Waals surface area contributed by atoms with E-state index < -0.39 is 10.0 Å². The molecule has 1 saturated carbocycles. The third kappa shape index (κ3) is 3.04. The van der Waals surface area contributed by atoms with E-state index in [9.17, 15) is 13.5 Å². The zero-order valence-electron chi connectivity index (χ0n) is 10.9. The van der Waals surface area contributed by atoms with E-state index in [0.29, 0.717) is 25.1 Å². The second-order valence-electron chi connectivity index (χ2n) is 5.09. The lowest BCUT2D eigenvalue weighted by molar-refractivity contribution is 0.0367. The number of benzene rings is 1. The van der Waals surface area contributed by atoms with Gasteiger partial charge in [0.05, 0.1) is 16.1 Å². The number of aliphatic hydroxyl groups excluding tert-OH is 1. The first kappa shape index (κ1) is 15.9. The van der Waals surface area contributed by atoms with E-state index in [0.717, 1.165) is 0 Å². The molecule has 0 amide bonds. The Balaban J connectivity index is 2.26. The van der Waals surface area contributed by atoms with Gasteiger partial charge in [-0.15, -0.1) is 0 Å². The van der Waals surface area contributed by atoms with Crippen LogP contribution >= 0.6 is 23.2 Å². The molecule has 0 unspecified atom stereocenters. The van der Waals surface area contributed by atoms with Crippen molar-refractivity contribution in [2.45, 2.75) is 23.8 Å². The molecule has 0 saturated heterocycles. The van der Waals surface area contributed by atoms with Crippen LogP contribution in [0.1, 0.15) is 12.8 Å². The Labute approximate surface area is 128 Å². The summed E-state index contributed by atoms with van der Waals surface area (Å²) in [6, 6.07) is 2.72. The Morgan fingerprint density at radius 3 is 2.30 bits per heavy atom. The highest BCUT2D eigenvalue weighted by molar-refractivity contribution is 7.89. The second kappa shape index (κ2) is 5.69. The standard InChI is InChI=1S/C12H16Cl2N2O3S/c1-16(6-7-2-9(17)3-7)20(18,19)12-10(13)4-8(15)5-11(12)14/h4-5,7,9,17H,2-3,6,15H2,1H3. The molecule has 0 aromatic heterocycles. The zero-order valence-corrected chi connectivity index (χ0v) is 13.2. The lowest BCUT2D eigenvalue weighted by atomic mass is 9.82. The molecule has 3 N–H and O–H groups in total. The number of hydrogen-bond donors (Lipinski definition) is 2. The molecule has 0 aliphatic heterocycles. The van der Waals surface area contributed by atoms with Crippen LogP contribution in [0.15, 0.2) is 17.0 Å². The molecule has 0 radical (unpaired) electrons. The van der Waals surface area contributed by atoms with Gasteiger partial charge in [-0.05, 0) is 30.9 Å². The molecule has 1 fully saturated rings. The zero-order chi connectivity index (χ0) is 15.1. The fourth-order valence-corrected chi connectivity index (χ4v) is 4.71. The molecule has 8 heteroatoms. The topological polar surface area (TPSA) is 83.6 Å². The average molecular weight is 339 g/mol. The fraction of sp³-hybridized carbons (Fsp3) is 0.500. The van der Waals surface area contributed by atoms with Crippen molar-refractivity contribution < 1.29 is 13.5 Å². The maximum absolute atomic E-state index is 12.5. The molecule has 1 aromatic carbocycles. The van der Waals surface area contributed by atoms with Crippen molar-refractivity contribution in [3.8, 4) is 0 Å². The molecule has 112 valence electrons. The van der Waals surface area contributed by atoms with E-state index in [1.165, 1.54) is 23.5 Å². The summed E-state index contributed by atoms with van der Waals surface area (Å²) in [4.78, 5) is -0.127. The summed E-state index contributed by atoms with van der Waals surface area (Å²) < 4.78 is 26.2. The van der Waals surface area contributed by atoms with Gasteiger partial charge in [0.1, 0.15) is 4.90 Å². The van der Waals surface area contributed by atoms with Crippen molar-refractivity contribution in [2.75, 3.05) is 19.3 Å². The van der Waals surface area contributed by atoms with Gasteiger partial charge in [-0.25, -0.2) is 12.7 Å². The van der Waals surface area contributed by atoms with E-state index in [4.69, 9.17) is 28.9 Å². The van der Waals surface area contributed by atoms with Crippen molar-refractivity contribution in [1.29, 1.82) is 0 Å². The minimum absolute atomic E-state index is 0.00972. The van der Waals surface area contributed by atoms with Crippen molar-refractivity contribution in [3.05, 3.63) is 22.2 Å². The van der Waals surface area contributed by atoms with Gasteiger partial charge < -0.3 is 10.8 Å². The lowest BCUT2D eigenvalue weighted by Gasteiger charge is -2.34. The van der Waals surface area contributed by atoms with E-state index in [-0.39, 0.29) is 27.0 Å². The number of nitrogen functional groups attached to an aromatic ring is 1. The van der Waals surface area contributed by atoms with Crippen LogP contribution in [-0.2, 0) is 10.0 Å². The number of halogens is 2. The third-order valence-corrected chi connectivity index (χ3v) is 6.16. The summed E-state index contributed by atoms with van der Waals surface area (Å²) in [5.74, 6) is 0.163. The van der Waals surface area contributed by atoms with Crippen molar-refractivity contribution >= 4 is 38.9 Å². The van der Waals surface area contributed by atoms with Gasteiger partial charge in [-0.1, -0.05) is 23.2 Å². The minimum Gasteiger partial charge on any atom is -0.399 e. The van der Waals surface area contributed by atoms with Crippen molar-refractivity contribution in [1.82, 2.24) is 4.31 Å². The molecule has 20 heavy (non-hydrogen) atoms. The Bertz CT molecular complexity index is 592. The SMILES string of the molecule is CN(CC1CC(O)C1)S(=O)(=O)c1c(Cl)cc(N)cc1Cl. The first-order chi connectivity index (χ1) is 9.21. The average Bonchev–Trinajstić information content (AvgIpc) is 2.24. The maximum Gasteiger partial charge on any atom is 0.245 e. The summed E-state index contributed by atoms with van der Waals surface area (Å²) in [6.07, 6.45) is 0.909. The summed E-state index contributed by atoms with van der Waals surface area (Å²) in [5, 5.41) is 9.27. The molecule has 0 atom stereocenters. The quantitative estimate of drug-likeness (QED) is 0.822. The molecule has 2 rings (SSSR count). The van der Waals surface area contributed by atoms with Crippen LogP contribution in [0.25, 0.3) is 0 Å². The molecular formula is C12H16Cl2N2O3S. The van der Waals surface area contributed by atoms with Gasteiger partial charge in [0, 0.05) is 19.3 Å². The van der Waals surface area contributed by atoms with Gasteiger partial charge in [-0.3, -0.25) is 0 Å². The monoisotopic (exact) mass is 338 g/mol. The van der Waals surface area contributed by atoms with Crippen LogP contribution < -0.4 is 5.73 Å². The number of nitrogens with zero attached hydrogens (tertiary/aromatic N) is 1. The summed E-state index contributed by atoms with van der Waals surface area (Å²) >= 11 is 11.9. The summed E-state index contributed by atoms with van der Waals surface area (Å²) in [7, 11) is -2.30. The minimum atomic E-state index is -3.77. The van der Waals surface area contributed by atoms with E-state index >= 15 is 0 Å². The number of rotatable bonds is 4. The highest BCUT2D eigenvalue weighted by Gasteiger charge is 2.33. The third-order valence-electron chi connectivity index (χ3n) is 3.42. The summed E-state index contributed by atoms with van der Waals surface area (Å²) in [5.41, 5.74) is 5.88. The molecule has 1 aliphatic rings. The largest absolute Gasteiger partial charge is 0.399 e. The number of sulfonamides is 1. The number of anilines is 1. The Morgan fingerprint density at radius 2 is 1.85 bits per heavy atom. The Hall–Kier alpha value is -0.530. The summed E-state index contributed by atoms with van der Waals surface area (Å²) in [6.45, 7) is 0.330. The van der Waals surface area contributed by atoms with E-state index in [1.807, 2.05) is 0 Å². The first-order valence-corrected chi connectivity index (χ1v) is 8.30. The normalized spacial score (nSPS) is 22.9. The highest BCUT2D eigenvalue weighted by Crippen LogP contribution is 2.35. The van der Waals surface area contributed by atoms with Crippen LogP contribution in [0.2, 0.25) is 10.0 Å². The van der Waals surface area contributed by atoms with Crippen LogP contribution in [0, 0.1) is 5.92 Å². The van der Waals surface area contributed by atoms with Crippen molar-refractivity contribution in [3.63, 3.8) is 0 Å². The maximum atomic E-state index is 12.5. The van der Waals surface area contributed by atoms with Gasteiger partial charge in [0.2, 0.25) is 10.0 Å². The Kier molecular flexibility index (Phi) is 4.51. The van der Waals surface area contributed by atoms with Gasteiger partial charge in [0.25, 0.3) is 0 Å². The molecule has 1 aromatic rings. The smallest absolute Gasteiger partial charge is 0.245 e. The molecular weight excluding hydrogens is 323 g/mol. The van der Waals surface area contributed by atoms with Crippen LogP contribution in [0.3, 0.4) is 0 Å². The predicted octanol–water partition coefficient (Wildman–Crippen LogP) is 1.97. The molecule has 0 bridgehead atoms. The number of hydrogen-bond acceptors (Lipinski definition) is 4. The molecule has 1 aliphatic carbocycles. The van der Waals surface area contributed by atoms with Gasteiger partial charge >= 0.3 is 0 Å². The fourth-order valence-electron chi connectivity index (χ4n) is 2.29. The van der Waals surface area contributed by atoms with E-state index in [1.54, 1.807) is 0 Å². The number of aliphatic hydroxyl groups is 1. The predicted molar refractivity (Wildman–Crippen MR) is 79.4 cm³/mol. The van der Waals surface area contributed by atoms with Crippen LogP contribution in [-0.4, -0.2) is 37.5 Å². The van der Waals surface area contributed by atoms with Gasteiger partial charge in [-0.2, -0.15) is 0 Å². The highest BCUT2D eigenvalue weighted by atomic mass is 35.5. The molecule has 5 nitrogen and oxygen atoms in total. The van der Waals surface area contributed by atoms with Crippen molar-refractivity contribution in [2.24, 2.45) is 5.92 Å². The van der Waals surface area contributed by atoms with Crippen LogP contribution in [0.4, 0.5) is 5.69 Å². The van der Waals surface area contributed by atoms with E-state index in [2.05, 4.69) is 0 Å². The lowest BCUT2D eigenvalue weighted by Crippen LogP contribution is -2.39. The number of nitrogens with two attached hydrogens (primary N) is 1. The second-order valence-corrected chi connectivity index (χ2v) is 7.89. The molecule has 0 spiro atoms.